The quantitative estimate of drug-likeness (QED) is 0.212. The summed E-state index contributed by atoms with van der Waals surface area (Å²) in [6.45, 7) is 14.8. The van der Waals surface area contributed by atoms with Gasteiger partial charge in [0.05, 0.1) is 41.3 Å². The van der Waals surface area contributed by atoms with Gasteiger partial charge < -0.3 is 14.5 Å². The van der Waals surface area contributed by atoms with Crippen LogP contribution in [0.15, 0.2) is 65.8 Å². The molecule has 4 aromatic rings. The summed E-state index contributed by atoms with van der Waals surface area (Å²) in [4.78, 5) is 36.8. The number of hydrogen-bond donors (Lipinski definition) is 1. The van der Waals surface area contributed by atoms with Crippen LogP contribution in [0.1, 0.15) is 81.1 Å². The van der Waals surface area contributed by atoms with Crippen LogP contribution in [0, 0.1) is 19.3 Å². The number of sulfonamides is 1. The van der Waals surface area contributed by atoms with Crippen molar-refractivity contribution in [3.63, 3.8) is 0 Å². The maximum absolute atomic E-state index is 14.5. The lowest BCUT2D eigenvalue weighted by Gasteiger charge is -2.35. The number of nitrogens with one attached hydrogen (secondary N) is 1. The predicted molar refractivity (Wildman–Crippen MR) is 192 cm³/mol. The second-order valence-corrected chi connectivity index (χ2v) is 15.6. The molecule has 1 aliphatic heterocycles. The fraction of sp³-hybridized carbons (Fsp3) is 0.432. The number of anilines is 2. The zero-order chi connectivity index (χ0) is 35.5. The van der Waals surface area contributed by atoms with E-state index in [0.717, 1.165) is 35.3 Å². The lowest BCUT2D eigenvalue weighted by atomic mass is 9.87. The summed E-state index contributed by atoms with van der Waals surface area (Å²) < 4.78 is 36.4. The molecule has 0 spiro atoms. The zero-order valence-electron chi connectivity index (χ0n) is 29.7. The Morgan fingerprint density at radius 1 is 1.00 bits per heavy atom. The molecule has 0 saturated heterocycles. The normalized spacial score (nSPS) is 16.2. The molecular weight excluding hydrogens is 639 g/mol. The molecule has 12 heteroatoms. The van der Waals surface area contributed by atoms with E-state index in [9.17, 15) is 13.2 Å². The number of aryl methyl sites for hydroxylation is 2. The van der Waals surface area contributed by atoms with Crippen molar-refractivity contribution in [3.8, 4) is 17.1 Å². The molecule has 2 aromatic heterocycles. The molecule has 1 N–H and O–H groups in total. The average Bonchev–Trinajstić information content (AvgIpc) is 3.05. The lowest BCUT2D eigenvalue weighted by molar-refractivity contribution is 0.0509. The van der Waals surface area contributed by atoms with E-state index in [-0.39, 0.29) is 46.8 Å². The van der Waals surface area contributed by atoms with Crippen LogP contribution in [0.3, 0.4) is 0 Å². The van der Waals surface area contributed by atoms with E-state index in [4.69, 9.17) is 9.72 Å². The molecule has 0 unspecified atom stereocenters. The van der Waals surface area contributed by atoms with E-state index in [0.29, 0.717) is 23.9 Å². The predicted octanol–water partition coefficient (Wildman–Crippen LogP) is 6.82. The third-order valence-corrected chi connectivity index (χ3v) is 10.2. The van der Waals surface area contributed by atoms with E-state index in [1.165, 1.54) is 12.1 Å². The largest absolute Gasteiger partial charge is 0.475 e. The first-order valence-corrected chi connectivity index (χ1v) is 18.2. The van der Waals surface area contributed by atoms with E-state index < -0.39 is 16.1 Å². The summed E-state index contributed by atoms with van der Waals surface area (Å²) >= 11 is 0. The van der Waals surface area contributed by atoms with Crippen LogP contribution in [0.4, 0.5) is 11.8 Å². The summed E-state index contributed by atoms with van der Waals surface area (Å²) in [5, 5.41) is 0. The van der Waals surface area contributed by atoms with Crippen molar-refractivity contribution < 1.29 is 17.9 Å². The van der Waals surface area contributed by atoms with Gasteiger partial charge in [-0.3, -0.25) is 9.78 Å². The Balaban J connectivity index is 1.65. The molecule has 1 atom stereocenters. The third kappa shape index (κ3) is 8.36. The first-order valence-electron chi connectivity index (χ1n) is 16.7. The highest BCUT2D eigenvalue weighted by Gasteiger charge is 2.32. The number of ether oxygens (including phenoxy) is 1. The van der Waals surface area contributed by atoms with Crippen LogP contribution in [0.25, 0.3) is 11.3 Å². The van der Waals surface area contributed by atoms with Crippen molar-refractivity contribution in [3.05, 3.63) is 83.3 Å². The Kier molecular flexibility index (Phi) is 10.6. The van der Waals surface area contributed by atoms with Crippen LogP contribution in [-0.2, 0) is 16.6 Å². The molecule has 4 bridgehead atoms. The maximum atomic E-state index is 14.5. The number of benzene rings is 2. The topological polar surface area (TPSA) is 131 Å². The molecule has 0 saturated carbocycles. The van der Waals surface area contributed by atoms with Gasteiger partial charge in [-0.1, -0.05) is 58.9 Å². The van der Waals surface area contributed by atoms with Gasteiger partial charge in [0.1, 0.15) is 12.4 Å². The molecule has 5 rings (SSSR count). The Hall–Kier alpha value is -4.58. The van der Waals surface area contributed by atoms with Gasteiger partial charge in [0.25, 0.3) is 15.9 Å². The van der Waals surface area contributed by atoms with Crippen molar-refractivity contribution in [2.75, 3.05) is 23.3 Å². The Bertz CT molecular complexity index is 1900. The van der Waals surface area contributed by atoms with E-state index in [1.807, 2.05) is 39.1 Å². The van der Waals surface area contributed by atoms with Crippen LogP contribution in [-0.4, -0.2) is 64.9 Å². The standard InChI is InChI=1S/C37H47N7O4S/c1-9-28(10-2)43(8)32-21-38-20-27(39-32)22-44-29(19-37(5,6)7)23-48-33-18-31(34-24(3)13-11-14-25(34)4)40-36(41-33)42-49(46,47)30-16-12-15-26(17-30)35(44)45/h11-18,20-21,28-29H,9-10,19,22-23H2,1-8H3,(H,40,41,42)/t29-/m1/s1. The Morgan fingerprint density at radius 2 is 1.69 bits per heavy atom. The molecule has 0 fully saturated rings. The zero-order valence-corrected chi connectivity index (χ0v) is 30.5. The van der Waals surface area contributed by atoms with E-state index >= 15 is 0 Å². The van der Waals surface area contributed by atoms with Gasteiger partial charge in [-0.15, -0.1) is 0 Å². The average molecular weight is 686 g/mol. The fourth-order valence-electron chi connectivity index (χ4n) is 6.39. The van der Waals surface area contributed by atoms with Crippen molar-refractivity contribution in [1.29, 1.82) is 0 Å². The van der Waals surface area contributed by atoms with Crippen LogP contribution >= 0.6 is 0 Å². The van der Waals surface area contributed by atoms with Gasteiger partial charge in [0.2, 0.25) is 11.8 Å². The van der Waals surface area contributed by atoms with Crippen molar-refractivity contribution in [2.45, 2.75) is 91.3 Å². The minimum atomic E-state index is -4.18. The van der Waals surface area contributed by atoms with Gasteiger partial charge >= 0.3 is 0 Å². The van der Waals surface area contributed by atoms with Gasteiger partial charge in [-0.05, 0) is 67.9 Å². The second kappa shape index (κ2) is 14.5. The van der Waals surface area contributed by atoms with E-state index in [2.05, 4.69) is 59.2 Å². The Morgan fingerprint density at radius 3 is 2.37 bits per heavy atom. The highest BCUT2D eigenvalue weighted by Crippen LogP contribution is 2.32. The Labute approximate surface area is 290 Å². The van der Waals surface area contributed by atoms with Gasteiger partial charge in [0, 0.05) is 30.3 Å². The molecule has 1 amide bonds. The number of nitrogens with zero attached hydrogens (tertiary/aromatic N) is 6. The van der Waals surface area contributed by atoms with Crippen molar-refractivity contribution >= 4 is 27.7 Å². The molecular formula is C37H47N7O4S. The second-order valence-electron chi connectivity index (χ2n) is 13.9. The molecule has 260 valence electrons. The minimum absolute atomic E-state index is 0.0814. The summed E-state index contributed by atoms with van der Waals surface area (Å²) in [7, 11) is -2.17. The molecule has 11 nitrogen and oxygen atoms in total. The van der Waals surface area contributed by atoms with Gasteiger partial charge in [0.15, 0.2) is 0 Å². The molecule has 0 aliphatic carbocycles. The number of rotatable bonds is 8. The number of fused-ring (bicyclic) bond motifs is 4. The first-order chi connectivity index (χ1) is 23.2. The lowest BCUT2D eigenvalue weighted by Crippen LogP contribution is -2.45. The summed E-state index contributed by atoms with van der Waals surface area (Å²) in [5.41, 5.74) is 3.98. The summed E-state index contributed by atoms with van der Waals surface area (Å²) in [6.07, 6.45) is 5.90. The molecule has 0 radical (unpaired) electrons. The number of hydrogen-bond acceptors (Lipinski definition) is 9. The summed E-state index contributed by atoms with van der Waals surface area (Å²) in [6, 6.07) is 13.5. The minimum Gasteiger partial charge on any atom is -0.475 e. The number of carbonyl (C=O) groups is 1. The number of aromatic nitrogens is 4. The van der Waals surface area contributed by atoms with E-state index in [1.54, 1.807) is 35.5 Å². The SMILES string of the molecule is CCC(CC)N(C)c1cncc(CN2C(=O)c3cccc(c3)S(=O)(=O)Nc3nc(cc(-c4c(C)cccc4C)n3)OC[C@H]2CC(C)(C)C)n1. The smallest absolute Gasteiger partial charge is 0.264 e. The van der Waals surface area contributed by atoms with Crippen molar-refractivity contribution in [2.24, 2.45) is 5.41 Å². The monoisotopic (exact) mass is 685 g/mol. The van der Waals surface area contributed by atoms with Crippen LogP contribution in [0.2, 0.25) is 0 Å². The molecule has 49 heavy (non-hydrogen) atoms. The fourth-order valence-corrected chi connectivity index (χ4v) is 7.37. The van der Waals surface area contributed by atoms with Crippen LogP contribution in [0.5, 0.6) is 5.88 Å². The molecule has 3 heterocycles. The van der Waals surface area contributed by atoms with Crippen molar-refractivity contribution in [1.82, 2.24) is 24.8 Å². The third-order valence-electron chi connectivity index (χ3n) is 8.89. The highest BCUT2D eigenvalue weighted by molar-refractivity contribution is 7.92. The summed E-state index contributed by atoms with van der Waals surface area (Å²) in [5.74, 6) is 0.448. The van der Waals surface area contributed by atoms with Gasteiger partial charge in [-0.25, -0.2) is 23.1 Å². The number of carbonyl (C=O) groups excluding carboxylic acids is 1. The first kappa shape index (κ1) is 35.7. The molecule has 1 aliphatic rings. The van der Waals surface area contributed by atoms with Crippen LogP contribution < -0.4 is 14.4 Å². The van der Waals surface area contributed by atoms with Gasteiger partial charge in [-0.2, -0.15) is 4.98 Å². The maximum Gasteiger partial charge on any atom is 0.264 e. The highest BCUT2D eigenvalue weighted by atomic mass is 32.2. The number of amides is 1. The molecule has 2 aromatic carbocycles.